The second kappa shape index (κ2) is 5.37. The summed E-state index contributed by atoms with van der Waals surface area (Å²) in [4.78, 5) is 11.6. The molecular weight excluding hydrogens is 218 g/mol. The number of thiophene rings is 1. The molecule has 1 unspecified atom stereocenters. The van der Waals surface area contributed by atoms with Crippen LogP contribution in [0.1, 0.15) is 29.3 Å². The Morgan fingerprint density at radius 3 is 2.86 bits per heavy atom. The maximum Gasteiger partial charge on any atom is 0.252 e. The molecule has 1 heterocycles. The molecule has 0 saturated carbocycles. The number of halogens is 1. The first kappa shape index (κ1) is 11.5. The van der Waals surface area contributed by atoms with Gasteiger partial charge in [0.25, 0.3) is 5.91 Å². The summed E-state index contributed by atoms with van der Waals surface area (Å²) in [5, 5.41) is 6.66. The maximum absolute atomic E-state index is 11.6. The van der Waals surface area contributed by atoms with Gasteiger partial charge >= 0.3 is 0 Å². The summed E-state index contributed by atoms with van der Waals surface area (Å²) in [6.45, 7) is 4.47. The Labute approximate surface area is 93.3 Å². The average Bonchev–Trinajstić information content (AvgIpc) is 2.60. The summed E-state index contributed by atoms with van der Waals surface area (Å²) in [6.07, 6.45) is 0.866. The van der Waals surface area contributed by atoms with Gasteiger partial charge in [-0.1, -0.05) is 6.92 Å². The molecule has 0 spiro atoms. The summed E-state index contributed by atoms with van der Waals surface area (Å²) in [5.74, 6) is -0.0251. The van der Waals surface area contributed by atoms with Crippen molar-refractivity contribution < 1.29 is 4.79 Å². The zero-order chi connectivity index (χ0) is 10.6. The van der Waals surface area contributed by atoms with E-state index in [1.165, 1.54) is 0 Å². The van der Waals surface area contributed by atoms with Gasteiger partial charge in [0.1, 0.15) is 0 Å². The van der Waals surface area contributed by atoms with Crippen LogP contribution in [0.4, 0.5) is 0 Å². The lowest BCUT2D eigenvalue weighted by atomic mass is 10.2. The van der Waals surface area contributed by atoms with Crippen molar-refractivity contribution in [1.29, 1.82) is 0 Å². The van der Waals surface area contributed by atoms with E-state index < -0.39 is 0 Å². The van der Waals surface area contributed by atoms with Gasteiger partial charge in [-0.2, -0.15) is 11.3 Å². The quantitative estimate of drug-likeness (QED) is 0.794. The van der Waals surface area contributed by atoms with Gasteiger partial charge in [0.15, 0.2) is 0 Å². The highest BCUT2D eigenvalue weighted by molar-refractivity contribution is 7.08. The number of nitrogens with one attached hydrogen (secondary N) is 1. The highest BCUT2D eigenvalue weighted by Gasteiger charge is 2.10. The van der Waals surface area contributed by atoms with Crippen LogP contribution in [-0.2, 0) is 0 Å². The lowest BCUT2D eigenvalue weighted by Gasteiger charge is -2.07. The molecule has 0 radical (unpaired) electrons. The zero-order valence-electron chi connectivity index (χ0n) is 8.34. The molecule has 0 fully saturated rings. The molecule has 1 atom stereocenters. The molecule has 0 bridgehead atoms. The molecule has 0 saturated heterocycles. The predicted octanol–water partition coefficient (Wildman–Crippen LogP) is 2.80. The molecule has 1 aromatic rings. The van der Waals surface area contributed by atoms with E-state index in [0.29, 0.717) is 6.54 Å². The normalized spacial score (nSPS) is 12.5. The number of amides is 1. The average molecular weight is 232 g/mol. The fourth-order valence-corrected chi connectivity index (χ4v) is 1.94. The fourth-order valence-electron chi connectivity index (χ4n) is 1.04. The molecule has 78 valence electrons. The van der Waals surface area contributed by atoms with Crippen LogP contribution in [0, 0.1) is 6.92 Å². The molecule has 2 nitrogen and oxygen atoms in total. The van der Waals surface area contributed by atoms with Crippen molar-refractivity contribution in [3.05, 3.63) is 21.9 Å². The summed E-state index contributed by atoms with van der Waals surface area (Å²) < 4.78 is 0. The van der Waals surface area contributed by atoms with Crippen LogP contribution in [0.15, 0.2) is 10.8 Å². The predicted molar refractivity (Wildman–Crippen MR) is 61.3 cm³/mol. The Kier molecular flexibility index (Phi) is 4.42. The number of carbonyl (C=O) groups excluding carboxylic acids is 1. The van der Waals surface area contributed by atoms with E-state index in [1.807, 2.05) is 24.6 Å². The SMILES string of the molecule is CCC(Cl)CNC(=O)c1cscc1C. The van der Waals surface area contributed by atoms with Crippen molar-refractivity contribution in [2.45, 2.75) is 25.6 Å². The molecule has 0 aliphatic heterocycles. The Morgan fingerprint density at radius 1 is 1.64 bits per heavy atom. The second-order valence-corrected chi connectivity index (χ2v) is 4.54. The van der Waals surface area contributed by atoms with E-state index in [-0.39, 0.29) is 11.3 Å². The first-order valence-corrected chi connectivity index (χ1v) is 5.98. The molecule has 1 N–H and O–H groups in total. The van der Waals surface area contributed by atoms with Crippen LogP contribution in [0.2, 0.25) is 0 Å². The molecule has 1 rings (SSSR count). The van der Waals surface area contributed by atoms with E-state index in [1.54, 1.807) is 11.3 Å². The van der Waals surface area contributed by atoms with Crippen molar-refractivity contribution in [2.24, 2.45) is 0 Å². The molecule has 0 aromatic carbocycles. The molecule has 1 aromatic heterocycles. The van der Waals surface area contributed by atoms with Gasteiger partial charge in [0.2, 0.25) is 0 Å². The van der Waals surface area contributed by atoms with E-state index >= 15 is 0 Å². The Hall–Kier alpha value is -0.540. The summed E-state index contributed by atoms with van der Waals surface area (Å²) in [5.41, 5.74) is 1.78. The van der Waals surface area contributed by atoms with Crippen molar-refractivity contribution in [3.63, 3.8) is 0 Å². The monoisotopic (exact) mass is 231 g/mol. The van der Waals surface area contributed by atoms with Crippen LogP contribution < -0.4 is 5.32 Å². The minimum Gasteiger partial charge on any atom is -0.351 e. The standard InChI is InChI=1S/C10H14ClNOS/c1-3-8(11)4-12-10(13)9-6-14-5-7(9)2/h5-6,8H,3-4H2,1-2H3,(H,12,13). The highest BCUT2D eigenvalue weighted by Crippen LogP contribution is 2.13. The lowest BCUT2D eigenvalue weighted by Crippen LogP contribution is -2.29. The molecule has 4 heteroatoms. The van der Waals surface area contributed by atoms with Gasteiger partial charge in [0, 0.05) is 11.9 Å². The van der Waals surface area contributed by atoms with Gasteiger partial charge in [-0.15, -0.1) is 11.6 Å². The van der Waals surface area contributed by atoms with Crippen molar-refractivity contribution >= 4 is 28.8 Å². The number of alkyl halides is 1. The van der Waals surface area contributed by atoms with Crippen LogP contribution in [-0.4, -0.2) is 17.8 Å². The third-order valence-electron chi connectivity index (χ3n) is 2.03. The van der Waals surface area contributed by atoms with Crippen LogP contribution in [0.3, 0.4) is 0 Å². The summed E-state index contributed by atoms with van der Waals surface area (Å²) >= 11 is 7.44. The number of aryl methyl sites for hydroxylation is 1. The molecule has 0 aliphatic carbocycles. The largest absolute Gasteiger partial charge is 0.351 e. The van der Waals surface area contributed by atoms with Gasteiger partial charge in [-0.25, -0.2) is 0 Å². The molecular formula is C10H14ClNOS. The Morgan fingerprint density at radius 2 is 2.36 bits per heavy atom. The molecule has 1 amide bonds. The lowest BCUT2D eigenvalue weighted by molar-refractivity contribution is 0.0953. The number of rotatable bonds is 4. The van der Waals surface area contributed by atoms with E-state index in [4.69, 9.17) is 11.6 Å². The summed E-state index contributed by atoms with van der Waals surface area (Å²) in [7, 11) is 0. The fraction of sp³-hybridized carbons (Fsp3) is 0.500. The van der Waals surface area contributed by atoms with Crippen LogP contribution in [0.5, 0.6) is 0 Å². The minimum absolute atomic E-state index is 0.0251. The van der Waals surface area contributed by atoms with Crippen LogP contribution in [0.25, 0.3) is 0 Å². The third-order valence-corrected chi connectivity index (χ3v) is 3.35. The first-order valence-electron chi connectivity index (χ1n) is 4.60. The van der Waals surface area contributed by atoms with E-state index in [0.717, 1.165) is 17.5 Å². The van der Waals surface area contributed by atoms with Crippen molar-refractivity contribution in [3.8, 4) is 0 Å². The number of hydrogen-bond acceptors (Lipinski definition) is 2. The van der Waals surface area contributed by atoms with E-state index in [9.17, 15) is 4.79 Å². The van der Waals surface area contributed by atoms with Crippen molar-refractivity contribution in [1.82, 2.24) is 5.32 Å². The molecule has 14 heavy (non-hydrogen) atoms. The van der Waals surface area contributed by atoms with E-state index in [2.05, 4.69) is 5.32 Å². The van der Waals surface area contributed by atoms with Crippen LogP contribution >= 0.6 is 22.9 Å². The van der Waals surface area contributed by atoms with Gasteiger partial charge in [-0.05, 0) is 24.3 Å². The zero-order valence-corrected chi connectivity index (χ0v) is 9.91. The minimum atomic E-state index is -0.0251. The maximum atomic E-state index is 11.6. The Balaban J connectivity index is 2.47. The van der Waals surface area contributed by atoms with Crippen molar-refractivity contribution in [2.75, 3.05) is 6.54 Å². The number of carbonyl (C=O) groups is 1. The van der Waals surface area contributed by atoms with Gasteiger partial charge in [0.05, 0.1) is 10.9 Å². The highest BCUT2D eigenvalue weighted by atomic mass is 35.5. The molecule has 0 aliphatic rings. The first-order chi connectivity index (χ1) is 6.65. The second-order valence-electron chi connectivity index (χ2n) is 3.18. The summed E-state index contributed by atoms with van der Waals surface area (Å²) in [6, 6.07) is 0. The number of hydrogen-bond donors (Lipinski definition) is 1. The Bertz CT molecular complexity index is 311. The van der Waals surface area contributed by atoms with Gasteiger partial charge in [-0.3, -0.25) is 4.79 Å². The third kappa shape index (κ3) is 3.00. The smallest absolute Gasteiger partial charge is 0.252 e. The van der Waals surface area contributed by atoms with Gasteiger partial charge < -0.3 is 5.32 Å². The topological polar surface area (TPSA) is 29.1 Å².